The van der Waals surface area contributed by atoms with Crippen LogP contribution in [0.1, 0.15) is 11.7 Å². The number of phenols is 1. The van der Waals surface area contributed by atoms with Gasteiger partial charge in [0.25, 0.3) is 5.78 Å². The van der Waals surface area contributed by atoms with Crippen molar-refractivity contribution >= 4 is 11.8 Å². The molecule has 0 aliphatic rings. The highest BCUT2D eigenvalue weighted by Crippen LogP contribution is 2.48. The molecule has 0 bridgehead atoms. The minimum atomic E-state index is -1.66. The number of carboxylic acid groups (broad SMARTS) is 1. The quantitative estimate of drug-likeness (QED) is 0.710. The third kappa shape index (κ3) is 3.00. The van der Waals surface area contributed by atoms with Crippen molar-refractivity contribution in [2.45, 2.75) is 6.10 Å². The van der Waals surface area contributed by atoms with E-state index in [9.17, 15) is 14.7 Å². The molecule has 0 saturated carbocycles. The summed E-state index contributed by atoms with van der Waals surface area (Å²) in [6.45, 7) is 0. The first-order chi connectivity index (χ1) is 9.92. The average Bonchev–Trinajstić information content (AvgIpc) is 2.48. The van der Waals surface area contributed by atoms with Crippen LogP contribution in [0.5, 0.6) is 23.0 Å². The molecule has 116 valence electrons. The van der Waals surface area contributed by atoms with E-state index in [1.807, 2.05) is 0 Å². The summed E-state index contributed by atoms with van der Waals surface area (Å²) in [4.78, 5) is 22.6. The number of hydrogen-bond donors (Lipinski definition) is 2. The molecule has 1 aromatic rings. The molecule has 1 unspecified atom stereocenters. The maximum atomic E-state index is 11.7. The molecule has 0 radical (unpaired) electrons. The van der Waals surface area contributed by atoms with Crippen LogP contribution in [0, 0.1) is 0 Å². The maximum absolute atomic E-state index is 11.7. The predicted octanol–water partition coefficient (Wildman–Crippen LogP) is 0.759. The van der Waals surface area contributed by atoms with Gasteiger partial charge < -0.3 is 29.2 Å². The van der Waals surface area contributed by atoms with Crippen molar-refractivity contribution in [2.75, 3.05) is 28.4 Å². The van der Waals surface area contributed by atoms with E-state index in [4.69, 9.17) is 24.1 Å². The number of phenolic OH excluding ortho intramolecular Hbond substituents is 1. The number of ether oxygens (including phenoxy) is 4. The Bertz CT molecular complexity index is 552. The van der Waals surface area contributed by atoms with Gasteiger partial charge in [0.1, 0.15) is 0 Å². The van der Waals surface area contributed by atoms with E-state index in [-0.39, 0.29) is 28.6 Å². The first-order valence-corrected chi connectivity index (χ1v) is 5.74. The first-order valence-electron chi connectivity index (χ1n) is 5.74. The van der Waals surface area contributed by atoms with E-state index in [0.29, 0.717) is 0 Å². The molecule has 1 rings (SSSR count). The van der Waals surface area contributed by atoms with Gasteiger partial charge in [-0.3, -0.25) is 4.79 Å². The second-order valence-corrected chi connectivity index (χ2v) is 3.87. The zero-order chi connectivity index (χ0) is 16.2. The van der Waals surface area contributed by atoms with E-state index >= 15 is 0 Å². The molecule has 0 fully saturated rings. The summed E-state index contributed by atoms with van der Waals surface area (Å²) < 4.78 is 20.0. The first kappa shape index (κ1) is 16.6. The topological polar surface area (TPSA) is 112 Å². The summed E-state index contributed by atoms with van der Waals surface area (Å²) in [7, 11) is 5.04. The minimum absolute atomic E-state index is 0.0112. The molecule has 1 atom stereocenters. The van der Waals surface area contributed by atoms with Gasteiger partial charge in [0.2, 0.25) is 11.5 Å². The van der Waals surface area contributed by atoms with Crippen molar-refractivity contribution in [3.8, 4) is 23.0 Å². The molecule has 0 aliphatic heterocycles. The monoisotopic (exact) mass is 300 g/mol. The Morgan fingerprint density at radius 3 is 2.00 bits per heavy atom. The number of rotatable bonds is 7. The van der Waals surface area contributed by atoms with Crippen LogP contribution >= 0.6 is 0 Å². The van der Waals surface area contributed by atoms with Gasteiger partial charge in [-0.1, -0.05) is 0 Å². The van der Waals surface area contributed by atoms with Crippen LogP contribution in [-0.2, 0) is 14.3 Å². The number of aliphatic carboxylic acids is 1. The Morgan fingerprint density at radius 2 is 1.62 bits per heavy atom. The summed E-state index contributed by atoms with van der Waals surface area (Å²) in [5, 5.41) is 18.8. The Morgan fingerprint density at radius 1 is 1.05 bits per heavy atom. The molecule has 8 heteroatoms. The lowest BCUT2D eigenvalue weighted by molar-refractivity contribution is -0.154. The average molecular weight is 300 g/mol. The number of benzene rings is 1. The highest BCUT2D eigenvalue weighted by molar-refractivity contribution is 6.34. The lowest BCUT2D eigenvalue weighted by Crippen LogP contribution is -2.23. The van der Waals surface area contributed by atoms with E-state index in [2.05, 4.69) is 0 Å². The largest absolute Gasteiger partial charge is 0.502 e. The fourth-order valence-electron chi connectivity index (χ4n) is 1.86. The van der Waals surface area contributed by atoms with Crippen molar-refractivity contribution in [1.82, 2.24) is 0 Å². The van der Waals surface area contributed by atoms with Gasteiger partial charge in [0.05, 0.1) is 21.3 Å². The SMILES string of the molecule is COc1cc(C(OC)C(=O)C(=O)O)c(OC)c(OC)c1O. The Hall–Kier alpha value is -2.48. The van der Waals surface area contributed by atoms with Crippen molar-refractivity contribution in [3.63, 3.8) is 0 Å². The normalized spacial score (nSPS) is 11.6. The summed E-state index contributed by atoms with van der Waals surface area (Å²) in [5.41, 5.74) is 0.0684. The number of carboxylic acids is 1. The summed E-state index contributed by atoms with van der Waals surface area (Å²) in [6.07, 6.45) is -1.43. The molecule has 0 saturated heterocycles. The Labute approximate surface area is 120 Å². The van der Waals surface area contributed by atoms with Crippen molar-refractivity contribution < 1.29 is 38.7 Å². The van der Waals surface area contributed by atoms with Crippen LogP contribution in [-0.4, -0.2) is 50.4 Å². The van der Waals surface area contributed by atoms with Crippen molar-refractivity contribution in [3.05, 3.63) is 11.6 Å². The minimum Gasteiger partial charge on any atom is -0.502 e. The van der Waals surface area contributed by atoms with Crippen LogP contribution in [0.2, 0.25) is 0 Å². The van der Waals surface area contributed by atoms with Gasteiger partial charge >= 0.3 is 5.97 Å². The highest BCUT2D eigenvalue weighted by atomic mass is 16.5. The summed E-state index contributed by atoms with van der Waals surface area (Å²) in [6, 6.07) is 1.26. The fourth-order valence-corrected chi connectivity index (χ4v) is 1.86. The van der Waals surface area contributed by atoms with Gasteiger partial charge in [0.15, 0.2) is 17.6 Å². The van der Waals surface area contributed by atoms with E-state index in [0.717, 1.165) is 0 Å². The predicted molar refractivity (Wildman–Crippen MR) is 70.2 cm³/mol. The molecule has 8 nitrogen and oxygen atoms in total. The zero-order valence-electron chi connectivity index (χ0n) is 12.0. The molecular formula is C13H16O8. The fraction of sp³-hybridized carbons (Fsp3) is 0.385. The second-order valence-electron chi connectivity index (χ2n) is 3.87. The lowest BCUT2D eigenvalue weighted by atomic mass is 10.0. The number of hydrogen-bond acceptors (Lipinski definition) is 7. The number of carbonyl (C=O) groups excluding carboxylic acids is 1. The number of methoxy groups -OCH3 is 4. The van der Waals surface area contributed by atoms with Crippen molar-refractivity contribution in [2.24, 2.45) is 0 Å². The third-order valence-electron chi connectivity index (χ3n) is 2.80. The van der Waals surface area contributed by atoms with Crippen LogP contribution in [0.25, 0.3) is 0 Å². The lowest BCUT2D eigenvalue weighted by Gasteiger charge is -2.20. The molecule has 0 aliphatic carbocycles. The third-order valence-corrected chi connectivity index (χ3v) is 2.80. The summed E-state index contributed by atoms with van der Waals surface area (Å²) in [5.74, 6) is -3.30. The molecule has 21 heavy (non-hydrogen) atoms. The number of ketones is 1. The molecule has 0 amide bonds. The number of Topliss-reactive ketones (excluding diaryl/α,β-unsaturated/α-hetero) is 1. The van der Waals surface area contributed by atoms with Gasteiger partial charge in [-0.2, -0.15) is 0 Å². The van der Waals surface area contributed by atoms with Crippen LogP contribution in [0.15, 0.2) is 6.07 Å². The molecule has 2 N–H and O–H groups in total. The van der Waals surface area contributed by atoms with Gasteiger partial charge in [-0.05, 0) is 6.07 Å². The molecular weight excluding hydrogens is 284 g/mol. The summed E-state index contributed by atoms with van der Waals surface area (Å²) >= 11 is 0. The van der Waals surface area contributed by atoms with Gasteiger partial charge in [-0.25, -0.2) is 4.79 Å². The Balaban J connectivity index is 3.59. The van der Waals surface area contributed by atoms with E-state index < -0.39 is 17.9 Å². The Kier molecular flexibility index (Phi) is 5.37. The van der Waals surface area contributed by atoms with Crippen LogP contribution in [0.4, 0.5) is 0 Å². The smallest absolute Gasteiger partial charge is 0.375 e. The maximum Gasteiger partial charge on any atom is 0.375 e. The number of carbonyl (C=O) groups is 2. The van der Waals surface area contributed by atoms with Gasteiger partial charge in [0, 0.05) is 12.7 Å². The van der Waals surface area contributed by atoms with E-state index in [1.54, 1.807) is 0 Å². The van der Waals surface area contributed by atoms with Crippen LogP contribution < -0.4 is 14.2 Å². The van der Waals surface area contributed by atoms with Gasteiger partial charge in [-0.15, -0.1) is 0 Å². The highest BCUT2D eigenvalue weighted by Gasteiger charge is 2.32. The molecule has 0 heterocycles. The van der Waals surface area contributed by atoms with Crippen molar-refractivity contribution in [1.29, 1.82) is 0 Å². The van der Waals surface area contributed by atoms with Crippen LogP contribution in [0.3, 0.4) is 0 Å². The number of aromatic hydroxyl groups is 1. The molecule has 0 spiro atoms. The second kappa shape index (κ2) is 6.80. The zero-order valence-corrected chi connectivity index (χ0v) is 12.0. The molecule has 1 aromatic carbocycles. The van der Waals surface area contributed by atoms with E-state index in [1.165, 1.54) is 34.5 Å². The standard InChI is InChI=1S/C13H16O8/c1-18-7-5-6(10(19-2)9(15)13(16)17)11(20-3)12(21-4)8(7)14/h5,10,14H,1-4H3,(H,16,17). The molecule has 0 aromatic heterocycles.